The van der Waals surface area contributed by atoms with Gasteiger partial charge in [0, 0.05) is 10.3 Å². The Labute approximate surface area is 121 Å². The zero-order valence-electron chi connectivity index (χ0n) is 11.1. The zero-order chi connectivity index (χ0) is 13.4. The lowest BCUT2D eigenvalue weighted by Crippen LogP contribution is -2.08. The first kappa shape index (κ1) is 12.9. The molecule has 2 heterocycles. The molecular weight excluding hydrogens is 274 g/mol. The summed E-state index contributed by atoms with van der Waals surface area (Å²) in [6.45, 7) is 4.24. The fraction of sp³-hybridized carbons (Fsp3) is 0.500. The maximum Gasteiger partial charge on any atom is 0.128 e. The summed E-state index contributed by atoms with van der Waals surface area (Å²) >= 11 is 3.35. The molecule has 0 aromatic carbocycles. The van der Waals surface area contributed by atoms with Crippen molar-refractivity contribution >= 4 is 33.3 Å². The second-order valence-corrected chi connectivity index (χ2v) is 7.10. The molecule has 0 saturated carbocycles. The van der Waals surface area contributed by atoms with Crippen LogP contribution in [-0.4, -0.2) is 15.7 Å². The smallest absolute Gasteiger partial charge is 0.128 e. The lowest BCUT2D eigenvalue weighted by atomic mass is 9.89. The van der Waals surface area contributed by atoms with E-state index in [0.717, 1.165) is 34.4 Å². The Kier molecular flexibility index (Phi) is 3.46. The molecule has 98 valence electrons. The van der Waals surface area contributed by atoms with Crippen LogP contribution in [0, 0.1) is 24.2 Å². The van der Waals surface area contributed by atoms with Crippen molar-refractivity contribution in [3.8, 4) is 6.07 Å². The van der Waals surface area contributed by atoms with Crippen LogP contribution in [0.2, 0.25) is 0 Å². The van der Waals surface area contributed by atoms with Crippen LogP contribution in [-0.2, 0) is 12.8 Å². The van der Waals surface area contributed by atoms with Gasteiger partial charge in [0.1, 0.15) is 15.7 Å². The molecular formula is C14H15N3S2. The van der Waals surface area contributed by atoms with E-state index in [4.69, 9.17) is 5.26 Å². The molecule has 0 saturated heterocycles. The first-order valence-electron chi connectivity index (χ1n) is 6.47. The van der Waals surface area contributed by atoms with E-state index in [1.165, 1.54) is 34.0 Å². The summed E-state index contributed by atoms with van der Waals surface area (Å²) in [6, 6.07) is 2.19. The number of fused-ring (bicyclic) bond motifs is 3. The van der Waals surface area contributed by atoms with Crippen LogP contribution >= 0.6 is 23.1 Å². The van der Waals surface area contributed by atoms with Gasteiger partial charge < -0.3 is 0 Å². The molecule has 2 aromatic heterocycles. The van der Waals surface area contributed by atoms with Gasteiger partial charge in [0.25, 0.3) is 0 Å². The van der Waals surface area contributed by atoms with E-state index in [2.05, 4.69) is 23.0 Å². The van der Waals surface area contributed by atoms with Crippen molar-refractivity contribution in [2.24, 2.45) is 5.92 Å². The number of aromatic nitrogens is 2. The molecule has 0 aliphatic heterocycles. The van der Waals surface area contributed by atoms with Gasteiger partial charge in [-0.15, -0.1) is 11.3 Å². The Morgan fingerprint density at radius 2 is 2.32 bits per heavy atom. The van der Waals surface area contributed by atoms with Crippen LogP contribution in [0.4, 0.5) is 0 Å². The molecule has 0 radical (unpaired) electrons. The predicted molar refractivity (Wildman–Crippen MR) is 79.7 cm³/mol. The third-order valence-corrected chi connectivity index (χ3v) is 5.50. The third kappa shape index (κ3) is 2.35. The van der Waals surface area contributed by atoms with Crippen LogP contribution in [0.25, 0.3) is 10.2 Å². The van der Waals surface area contributed by atoms with Crippen molar-refractivity contribution in [1.29, 1.82) is 5.26 Å². The molecule has 19 heavy (non-hydrogen) atoms. The molecule has 0 fully saturated rings. The van der Waals surface area contributed by atoms with Crippen LogP contribution < -0.4 is 0 Å². The number of aryl methyl sites for hydroxylation is 2. The van der Waals surface area contributed by atoms with E-state index in [9.17, 15) is 0 Å². The van der Waals surface area contributed by atoms with E-state index in [1.807, 2.05) is 18.3 Å². The van der Waals surface area contributed by atoms with Crippen molar-refractivity contribution in [1.82, 2.24) is 9.97 Å². The Morgan fingerprint density at radius 1 is 1.47 bits per heavy atom. The quantitative estimate of drug-likeness (QED) is 0.624. The number of thiophene rings is 1. The molecule has 1 atom stereocenters. The van der Waals surface area contributed by atoms with Crippen LogP contribution in [0.5, 0.6) is 0 Å². The van der Waals surface area contributed by atoms with Crippen LogP contribution in [0.1, 0.15) is 29.6 Å². The SMILES string of the molecule is Cc1nc(SCC#N)c2c3c(sc2n1)CC(C)CC3. The minimum atomic E-state index is 0.451. The zero-order valence-corrected chi connectivity index (χ0v) is 12.7. The van der Waals surface area contributed by atoms with Crippen molar-refractivity contribution in [2.75, 3.05) is 5.75 Å². The largest absolute Gasteiger partial charge is 0.226 e. The van der Waals surface area contributed by atoms with Gasteiger partial charge in [-0.2, -0.15) is 5.26 Å². The molecule has 1 unspecified atom stereocenters. The summed E-state index contributed by atoms with van der Waals surface area (Å²) in [6.07, 6.45) is 3.54. The summed E-state index contributed by atoms with van der Waals surface area (Å²) in [5.41, 5.74) is 1.44. The second kappa shape index (κ2) is 5.10. The highest BCUT2D eigenvalue weighted by Gasteiger charge is 2.23. The van der Waals surface area contributed by atoms with Gasteiger partial charge in [-0.25, -0.2) is 9.97 Å². The van der Waals surface area contributed by atoms with Gasteiger partial charge in [0.05, 0.1) is 11.8 Å². The number of hydrogen-bond acceptors (Lipinski definition) is 5. The Morgan fingerprint density at radius 3 is 3.11 bits per heavy atom. The Hall–Kier alpha value is -1.12. The highest BCUT2D eigenvalue weighted by molar-refractivity contribution is 7.99. The summed E-state index contributed by atoms with van der Waals surface area (Å²) < 4.78 is 0. The topological polar surface area (TPSA) is 49.6 Å². The molecule has 0 spiro atoms. The van der Waals surface area contributed by atoms with Crippen molar-refractivity contribution in [3.63, 3.8) is 0 Å². The lowest BCUT2D eigenvalue weighted by molar-refractivity contribution is 0.509. The first-order valence-corrected chi connectivity index (χ1v) is 8.28. The van der Waals surface area contributed by atoms with Gasteiger partial charge >= 0.3 is 0 Å². The van der Waals surface area contributed by atoms with E-state index < -0.39 is 0 Å². The fourth-order valence-electron chi connectivity index (χ4n) is 2.62. The molecule has 1 aliphatic rings. The molecule has 3 nitrogen and oxygen atoms in total. The monoisotopic (exact) mass is 289 g/mol. The van der Waals surface area contributed by atoms with Crippen LogP contribution in [0.3, 0.4) is 0 Å². The molecule has 0 bridgehead atoms. The predicted octanol–water partition coefficient (Wildman–Crippen LogP) is 3.74. The number of hydrogen-bond donors (Lipinski definition) is 0. The van der Waals surface area contributed by atoms with E-state index >= 15 is 0 Å². The number of rotatable bonds is 2. The van der Waals surface area contributed by atoms with Gasteiger partial charge in [-0.05, 0) is 37.7 Å². The highest BCUT2D eigenvalue weighted by atomic mass is 32.2. The third-order valence-electron chi connectivity index (χ3n) is 3.51. The number of thioether (sulfide) groups is 1. The maximum atomic E-state index is 8.78. The minimum absolute atomic E-state index is 0.451. The summed E-state index contributed by atoms with van der Waals surface area (Å²) in [5, 5.41) is 11.0. The standard InChI is InChI=1S/C14H15N3S2/c1-8-3-4-10-11(7-8)19-14-12(10)13(18-6-5-15)16-9(2)17-14/h8H,3-4,6-7H2,1-2H3. The van der Waals surface area contributed by atoms with Gasteiger partial charge in [-0.1, -0.05) is 18.7 Å². The molecule has 0 N–H and O–H groups in total. The molecule has 5 heteroatoms. The number of nitriles is 1. The second-order valence-electron chi connectivity index (χ2n) is 5.05. The lowest BCUT2D eigenvalue weighted by Gasteiger charge is -2.18. The highest BCUT2D eigenvalue weighted by Crippen LogP contribution is 2.40. The molecule has 0 amide bonds. The minimum Gasteiger partial charge on any atom is -0.226 e. The number of nitrogens with zero attached hydrogens (tertiary/aromatic N) is 3. The average Bonchev–Trinajstić information content (AvgIpc) is 2.72. The first-order chi connectivity index (χ1) is 9.19. The molecule has 1 aliphatic carbocycles. The van der Waals surface area contributed by atoms with E-state index in [-0.39, 0.29) is 0 Å². The molecule has 3 rings (SSSR count). The van der Waals surface area contributed by atoms with Crippen molar-refractivity contribution < 1.29 is 0 Å². The van der Waals surface area contributed by atoms with E-state index in [0.29, 0.717) is 5.75 Å². The molecule has 2 aromatic rings. The van der Waals surface area contributed by atoms with Gasteiger partial charge in [-0.3, -0.25) is 0 Å². The van der Waals surface area contributed by atoms with E-state index in [1.54, 1.807) is 0 Å². The van der Waals surface area contributed by atoms with Gasteiger partial charge in [0.2, 0.25) is 0 Å². The summed E-state index contributed by atoms with van der Waals surface area (Å²) in [7, 11) is 0. The Balaban J connectivity index is 2.17. The normalized spacial score (nSPS) is 18.3. The average molecular weight is 289 g/mol. The summed E-state index contributed by atoms with van der Waals surface area (Å²) in [5.74, 6) is 2.02. The Bertz CT molecular complexity index is 669. The summed E-state index contributed by atoms with van der Waals surface area (Å²) in [4.78, 5) is 11.7. The fourth-order valence-corrected chi connectivity index (χ4v) is 4.87. The van der Waals surface area contributed by atoms with Crippen LogP contribution in [0.15, 0.2) is 5.03 Å². The maximum absolute atomic E-state index is 8.78. The van der Waals surface area contributed by atoms with Gasteiger partial charge in [0.15, 0.2) is 0 Å². The van der Waals surface area contributed by atoms with Crippen molar-refractivity contribution in [3.05, 3.63) is 16.3 Å². The van der Waals surface area contributed by atoms with Crippen molar-refractivity contribution in [2.45, 2.75) is 38.1 Å².